The van der Waals surface area contributed by atoms with Crippen LogP contribution in [0.4, 0.5) is 0 Å². The highest BCUT2D eigenvalue weighted by Crippen LogP contribution is 2.21. The first-order chi connectivity index (χ1) is 12.7. The van der Waals surface area contributed by atoms with E-state index in [0.717, 1.165) is 5.56 Å². The number of halogens is 2. The highest BCUT2D eigenvalue weighted by atomic mass is 35.5. The monoisotopic (exact) mass is 447 g/mol. The van der Waals surface area contributed by atoms with Gasteiger partial charge in [-0.15, -0.1) is 11.3 Å². The number of thiazole rings is 1. The van der Waals surface area contributed by atoms with Crippen LogP contribution in [0.25, 0.3) is 0 Å². The van der Waals surface area contributed by atoms with Crippen molar-refractivity contribution in [2.45, 2.75) is 19.0 Å². The first-order valence-corrected chi connectivity index (χ1v) is 11.8. The maximum absolute atomic E-state index is 12.3. The van der Waals surface area contributed by atoms with Gasteiger partial charge in [-0.2, -0.15) is 4.99 Å². The number of nitrogens with zero attached hydrogens (tertiary/aromatic N) is 3. The molecule has 1 unspecified atom stereocenters. The summed E-state index contributed by atoms with van der Waals surface area (Å²) in [5, 5.41) is 2.97. The molecular formula is C17H19Cl2N3O3S2. The molecule has 1 amide bonds. The molecule has 1 aliphatic rings. The Bertz CT molecular complexity index is 1010. The SMILES string of the molecule is CN(CC(=O)N=c1sccn1Cc1ccc(Cl)cc1Cl)C1CCS(=O)(=O)C1. The molecule has 0 N–H and O–H groups in total. The molecule has 2 aromatic rings. The lowest BCUT2D eigenvalue weighted by Gasteiger charge is -2.20. The molecular weight excluding hydrogens is 429 g/mol. The van der Waals surface area contributed by atoms with E-state index in [2.05, 4.69) is 4.99 Å². The van der Waals surface area contributed by atoms with Crippen molar-refractivity contribution in [1.82, 2.24) is 9.47 Å². The number of amides is 1. The van der Waals surface area contributed by atoms with Crippen LogP contribution in [0.3, 0.4) is 0 Å². The zero-order chi connectivity index (χ0) is 19.6. The van der Waals surface area contributed by atoms with Crippen molar-refractivity contribution < 1.29 is 13.2 Å². The van der Waals surface area contributed by atoms with Gasteiger partial charge in [-0.1, -0.05) is 29.3 Å². The summed E-state index contributed by atoms with van der Waals surface area (Å²) in [4.78, 5) is 18.9. The lowest BCUT2D eigenvalue weighted by atomic mass is 10.2. The van der Waals surface area contributed by atoms with Gasteiger partial charge in [0, 0.05) is 27.7 Å². The molecule has 0 radical (unpaired) electrons. The molecule has 0 saturated carbocycles. The molecule has 0 spiro atoms. The fourth-order valence-corrected chi connectivity index (χ4v) is 5.97. The quantitative estimate of drug-likeness (QED) is 0.705. The minimum Gasteiger partial charge on any atom is -0.319 e. The Hall–Kier alpha value is -1.19. The Morgan fingerprint density at radius 2 is 2.19 bits per heavy atom. The zero-order valence-corrected chi connectivity index (χ0v) is 17.8. The number of hydrogen-bond donors (Lipinski definition) is 0. The van der Waals surface area contributed by atoms with E-state index in [1.165, 1.54) is 11.3 Å². The van der Waals surface area contributed by atoms with E-state index in [9.17, 15) is 13.2 Å². The van der Waals surface area contributed by atoms with Crippen molar-refractivity contribution in [2.75, 3.05) is 25.1 Å². The number of sulfone groups is 1. The van der Waals surface area contributed by atoms with Crippen molar-refractivity contribution >= 4 is 50.3 Å². The Labute approximate surface area is 172 Å². The Balaban J connectivity index is 1.70. The highest BCUT2D eigenvalue weighted by Gasteiger charge is 2.31. The van der Waals surface area contributed by atoms with E-state index in [1.54, 1.807) is 24.1 Å². The van der Waals surface area contributed by atoms with Crippen LogP contribution in [0.15, 0.2) is 34.8 Å². The Morgan fingerprint density at radius 1 is 1.41 bits per heavy atom. The fourth-order valence-electron chi connectivity index (χ4n) is 2.95. The Kier molecular flexibility index (Phi) is 6.43. The van der Waals surface area contributed by atoms with Gasteiger partial charge in [-0.05, 0) is 31.2 Å². The molecule has 10 heteroatoms. The third-order valence-corrected chi connectivity index (χ3v) is 7.58. The second kappa shape index (κ2) is 8.45. The molecule has 1 aromatic carbocycles. The summed E-state index contributed by atoms with van der Waals surface area (Å²) in [5.41, 5.74) is 0.877. The number of hydrogen-bond acceptors (Lipinski definition) is 5. The Morgan fingerprint density at radius 3 is 2.85 bits per heavy atom. The number of benzene rings is 1. The third kappa shape index (κ3) is 5.42. The average Bonchev–Trinajstić information content (AvgIpc) is 3.16. The molecule has 1 saturated heterocycles. The molecule has 1 aliphatic heterocycles. The average molecular weight is 448 g/mol. The third-order valence-electron chi connectivity index (χ3n) is 4.45. The number of rotatable bonds is 5. The molecule has 146 valence electrons. The molecule has 0 bridgehead atoms. The van der Waals surface area contributed by atoms with Crippen LogP contribution < -0.4 is 4.80 Å². The molecule has 1 fully saturated rings. The summed E-state index contributed by atoms with van der Waals surface area (Å²) in [7, 11) is -1.22. The smallest absolute Gasteiger partial charge is 0.262 e. The van der Waals surface area contributed by atoms with Gasteiger partial charge in [-0.3, -0.25) is 9.69 Å². The second-order valence-electron chi connectivity index (χ2n) is 6.53. The number of aromatic nitrogens is 1. The number of carbonyl (C=O) groups excluding carboxylic acids is 1. The second-order valence-corrected chi connectivity index (χ2v) is 10.5. The van der Waals surface area contributed by atoms with E-state index in [1.807, 2.05) is 22.2 Å². The van der Waals surface area contributed by atoms with Gasteiger partial charge in [0.2, 0.25) is 0 Å². The fraction of sp³-hybridized carbons (Fsp3) is 0.412. The van der Waals surface area contributed by atoms with Crippen molar-refractivity contribution in [1.29, 1.82) is 0 Å². The predicted molar refractivity (Wildman–Crippen MR) is 108 cm³/mol. The minimum absolute atomic E-state index is 0.0831. The van der Waals surface area contributed by atoms with Gasteiger partial charge >= 0.3 is 0 Å². The lowest BCUT2D eigenvalue weighted by Crippen LogP contribution is -2.36. The molecule has 0 aliphatic carbocycles. The summed E-state index contributed by atoms with van der Waals surface area (Å²) in [5.74, 6) is -0.0227. The summed E-state index contributed by atoms with van der Waals surface area (Å²) >= 11 is 13.5. The van der Waals surface area contributed by atoms with Crippen LogP contribution in [0.5, 0.6) is 0 Å². The largest absolute Gasteiger partial charge is 0.319 e. The van der Waals surface area contributed by atoms with Crippen LogP contribution in [-0.4, -0.2) is 54.9 Å². The summed E-state index contributed by atoms with van der Waals surface area (Å²) in [6, 6.07) is 5.16. The van der Waals surface area contributed by atoms with E-state index in [-0.39, 0.29) is 30.0 Å². The van der Waals surface area contributed by atoms with E-state index in [4.69, 9.17) is 23.2 Å². The predicted octanol–water partition coefficient (Wildman–Crippen LogP) is 2.45. The maximum Gasteiger partial charge on any atom is 0.262 e. The van der Waals surface area contributed by atoms with Gasteiger partial charge in [0.05, 0.1) is 24.6 Å². The summed E-state index contributed by atoms with van der Waals surface area (Å²) in [6.07, 6.45) is 2.40. The molecule has 1 atom stereocenters. The van der Waals surface area contributed by atoms with Crippen molar-refractivity contribution in [2.24, 2.45) is 4.99 Å². The lowest BCUT2D eigenvalue weighted by molar-refractivity contribution is -0.119. The molecule has 6 nitrogen and oxygen atoms in total. The molecule has 2 heterocycles. The van der Waals surface area contributed by atoms with E-state index in [0.29, 0.717) is 27.8 Å². The summed E-state index contributed by atoms with van der Waals surface area (Å²) in [6.45, 7) is 0.558. The first-order valence-electron chi connectivity index (χ1n) is 8.29. The van der Waals surface area contributed by atoms with Gasteiger partial charge < -0.3 is 4.57 Å². The normalized spacial score (nSPS) is 19.7. The van der Waals surface area contributed by atoms with Crippen LogP contribution in [-0.2, 0) is 21.2 Å². The maximum atomic E-state index is 12.3. The van der Waals surface area contributed by atoms with Gasteiger partial charge in [0.1, 0.15) is 0 Å². The van der Waals surface area contributed by atoms with Crippen LogP contribution in [0, 0.1) is 0 Å². The van der Waals surface area contributed by atoms with Crippen LogP contribution in [0.2, 0.25) is 10.0 Å². The van der Waals surface area contributed by atoms with E-state index >= 15 is 0 Å². The number of carbonyl (C=O) groups is 1. The van der Waals surface area contributed by atoms with Crippen molar-refractivity contribution in [3.05, 3.63) is 50.2 Å². The van der Waals surface area contributed by atoms with Crippen LogP contribution in [0.1, 0.15) is 12.0 Å². The van der Waals surface area contributed by atoms with Gasteiger partial charge in [-0.25, -0.2) is 8.42 Å². The first kappa shape index (κ1) is 20.5. The molecule has 1 aromatic heterocycles. The minimum atomic E-state index is -2.98. The van der Waals surface area contributed by atoms with Gasteiger partial charge in [0.15, 0.2) is 14.6 Å². The van der Waals surface area contributed by atoms with Gasteiger partial charge in [0.25, 0.3) is 5.91 Å². The van der Waals surface area contributed by atoms with Crippen molar-refractivity contribution in [3.8, 4) is 0 Å². The van der Waals surface area contributed by atoms with E-state index < -0.39 is 9.84 Å². The summed E-state index contributed by atoms with van der Waals surface area (Å²) < 4.78 is 25.0. The van der Waals surface area contributed by atoms with Crippen molar-refractivity contribution in [3.63, 3.8) is 0 Å². The molecule has 27 heavy (non-hydrogen) atoms. The topological polar surface area (TPSA) is 71.7 Å². The standard InChI is InChI=1S/C17H19Cl2N3O3S2/c1-21(14-4-7-27(24,25)11-14)10-16(23)20-17-22(5-6-26-17)9-12-2-3-13(18)8-15(12)19/h2-3,5-6,8,14H,4,7,9-11H2,1H3. The van der Waals surface area contributed by atoms with Crippen LogP contribution >= 0.6 is 34.5 Å². The zero-order valence-electron chi connectivity index (χ0n) is 14.6. The highest BCUT2D eigenvalue weighted by molar-refractivity contribution is 7.91. The molecule has 3 rings (SSSR count). The number of likely N-dealkylation sites (N-methyl/N-ethyl adjacent to an activating group) is 1.